The first-order valence-corrected chi connectivity index (χ1v) is 9.12. The van der Waals surface area contributed by atoms with Gasteiger partial charge in [-0.3, -0.25) is 9.69 Å². The Hall–Kier alpha value is -2.21. The van der Waals surface area contributed by atoms with Gasteiger partial charge in [-0.05, 0) is 31.9 Å². The quantitative estimate of drug-likeness (QED) is 0.838. The number of nitrogens with one attached hydrogen (secondary N) is 1. The standard InChI is InChI=1S/C19H27N5O/c1-3-16(23(2)14-15-9-5-4-6-10-15)19(25)20-13-18-22-21-17-11-7-8-12-24(17)18/h4-6,9-10,16H,3,7-8,11-14H2,1-2H3,(H,20,25)/t16-/m0/s1. The van der Waals surface area contributed by atoms with E-state index in [9.17, 15) is 4.79 Å². The molecule has 134 valence electrons. The molecule has 0 radical (unpaired) electrons. The minimum Gasteiger partial charge on any atom is -0.347 e. The second-order valence-corrected chi connectivity index (χ2v) is 6.68. The number of fused-ring (bicyclic) bond motifs is 1. The molecule has 0 fully saturated rings. The Morgan fingerprint density at radius 1 is 1.28 bits per heavy atom. The third kappa shape index (κ3) is 4.25. The third-order valence-electron chi connectivity index (χ3n) is 4.85. The number of rotatable bonds is 7. The summed E-state index contributed by atoms with van der Waals surface area (Å²) in [6.45, 7) is 4.21. The van der Waals surface area contributed by atoms with Gasteiger partial charge in [-0.1, -0.05) is 37.3 Å². The van der Waals surface area contributed by atoms with Crippen LogP contribution in [-0.2, 0) is 30.8 Å². The first-order valence-electron chi connectivity index (χ1n) is 9.12. The van der Waals surface area contributed by atoms with Gasteiger partial charge in [0.1, 0.15) is 5.82 Å². The number of nitrogens with zero attached hydrogens (tertiary/aromatic N) is 4. The lowest BCUT2D eigenvalue weighted by Gasteiger charge is -2.26. The van der Waals surface area contributed by atoms with Crippen LogP contribution >= 0.6 is 0 Å². The van der Waals surface area contributed by atoms with Crippen molar-refractivity contribution in [1.82, 2.24) is 25.0 Å². The van der Waals surface area contributed by atoms with E-state index in [1.807, 2.05) is 32.2 Å². The fourth-order valence-electron chi connectivity index (χ4n) is 3.46. The van der Waals surface area contributed by atoms with Crippen molar-refractivity contribution in [2.45, 2.75) is 58.3 Å². The van der Waals surface area contributed by atoms with Crippen LogP contribution in [0.15, 0.2) is 30.3 Å². The summed E-state index contributed by atoms with van der Waals surface area (Å²) in [5.41, 5.74) is 1.21. The average Bonchev–Trinajstić information content (AvgIpc) is 3.04. The molecule has 2 heterocycles. The number of aromatic nitrogens is 3. The Labute approximate surface area is 149 Å². The molecule has 1 amide bonds. The Bertz CT molecular complexity index is 697. The maximum atomic E-state index is 12.7. The molecule has 0 spiro atoms. The summed E-state index contributed by atoms with van der Waals surface area (Å²) in [6.07, 6.45) is 4.08. The molecule has 1 aromatic carbocycles. The van der Waals surface area contributed by atoms with Gasteiger partial charge in [0.15, 0.2) is 5.82 Å². The Kier molecular flexibility index (Phi) is 5.81. The van der Waals surface area contributed by atoms with E-state index in [0.717, 1.165) is 44.0 Å². The number of likely N-dealkylation sites (N-methyl/N-ethyl adjacent to an activating group) is 1. The molecule has 0 bridgehead atoms. The van der Waals surface area contributed by atoms with E-state index in [2.05, 4.69) is 37.1 Å². The van der Waals surface area contributed by atoms with Crippen LogP contribution in [0.25, 0.3) is 0 Å². The Morgan fingerprint density at radius 3 is 2.84 bits per heavy atom. The molecule has 25 heavy (non-hydrogen) atoms. The molecular formula is C19H27N5O. The van der Waals surface area contributed by atoms with Crippen molar-refractivity contribution in [3.63, 3.8) is 0 Å². The molecule has 0 saturated heterocycles. The fourth-order valence-corrected chi connectivity index (χ4v) is 3.46. The zero-order valence-corrected chi connectivity index (χ0v) is 15.1. The third-order valence-corrected chi connectivity index (χ3v) is 4.85. The minimum atomic E-state index is -0.149. The molecule has 2 aromatic rings. The monoisotopic (exact) mass is 341 g/mol. The number of hydrogen-bond donors (Lipinski definition) is 1. The van der Waals surface area contributed by atoms with E-state index in [-0.39, 0.29) is 11.9 Å². The summed E-state index contributed by atoms with van der Waals surface area (Å²) in [7, 11) is 2.00. The average molecular weight is 341 g/mol. The van der Waals surface area contributed by atoms with Crippen LogP contribution in [0.2, 0.25) is 0 Å². The highest BCUT2D eigenvalue weighted by Crippen LogP contribution is 2.14. The SMILES string of the molecule is CC[C@@H](C(=O)NCc1nnc2n1CCCC2)N(C)Cc1ccccc1. The van der Waals surface area contributed by atoms with Crippen LogP contribution in [0.4, 0.5) is 0 Å². The molecular weight excluding hydrogens is 314 g/mol. The van der Waals surface area contributed by atoms with E-state index in [1.54, 1.807) is 0 Å². The maximum absolute atomic E-state index is 12.7. The molecule has 0 unspecified atom stereocenters. The molecule has 1 atom stereocenters. The van der Waals surface area contributed by atoms with Gasteiger partial charge in [0, 0.05) is 19.5 Å². The lowest BCUT2D eigenvalue weighted by Crippen LogP contribution is -2.44. The highest BCUT2D eigenvalue weighted by Gasteiger charge is 2.22. The van der Waals surface area contributed by atoms with Gasteiger partial charge in [0.05, 0.1) is 12.6 Å². The van der Waals surface area contributed by atoms with Crippen LogP contribution in [0.1, 0.15) is 43.4 Å². The normalized spacial score (nSPS) is 15.0. The molecule has 3 rings (SSSR count). The number of amides is 1. The van der Waals surface area contributed by atoms with E-state index in [0.29, 0.717) is 6.54 Å². The van der Waals surface area contributed by atoms with Gasteiger partial charge in [-0.2, -0.15) is 0 Å². The topological polar surface area (TPSA) is 63.1 Å². The van der Waals surface area contributed by atoms with E-state index < -0.39 is 0 Å². The zero-order valence-electron chi connectivity index (χ0n) is 15.1. The maximum Gasteiger partial charge on any atom is 0.237 e. The van der Waals surface area contributed by atoms with E-state index >= 15 is 0 Å². The Balaban J connectivity index is 1.58. The molecule has 1 aliphatic rings. The Morgan fingerprint density at radius 2 is 2.08 bits per heavy atom. The van der Waals surface area contributed by atoms with Gasteiger partial charge < -0.3 is 9.88 Å². The lowest BCUT2D eigenvalue weighted by atomic mass is 10.1. The van der Waals surface area contributed by atoms with Gasteiger partial charge in [0.2, 0.25) is 5.91 Å². The zero-order chi connectivity index (χ0) is 17.6. The van der Waals surface area contributed by atoms with Crippen LogP contribution in [0.3, 0.4) is 0 Å². The second kappa shape index (κ2) is 8.25. The van der Waals surface area contributed by atoms with Gasteiger partial charge >= 0.3 is 0 Å². The highest BCUT2D eigenvalue weighted by molar-refractivity contribution is 5.81. The number of carbonyl (C=O) groups is 1. The lowest BCUT2D eigenvalue weighted by molar-refractivity contribution is -0.126. The van der Waals surface area contributed by atoms with Crippen LogP contribution in [0, 0.1) is 0 Å². The van der Waals surface area contributed by atoms with Crippen molar-refractivity contribution in [3.8, 4) is 0 Å². The van der Waals surface area contributed by atoms with Crippen molar-refractivity contribution in [2.24, 2.45) is 0 Å². The van der Waals surface area contributed by atoms with Crippen LogP contribution < -0.4 is 5.32 Å². The summed E-state index contributed by atoms with van der Waals surface area (Å²) in [5.74, 6) is 1.96. The van der Waals surface area contributed by atoms with Gasteiger partial charge in [-0.15, -0.1) is 10.2 Å². The van der Waals surface area contributed by atoms with Crippen LogP contribution in [-0.4, -0.2) is 38.7 Å². The van der Waals surface area contributed by atoms with Crippen molar-refractivity contribution < 1.29 is 4.79 Å². The minimum absolute atomic E-state index is 0.0501. The fraction of sp³-hybridized carbons (Fsp3) is 0.526. The first kappa shape index (κ1) is 17.6. The summed E-state index contributed by atoms with van der Waals surface area (Å²) in [4.78, 5) is 14.8. The van der Waals surface area contributed by atoms with E-state index in [4.69, 9.17) is 0 Å². The highest BCUT2D eigenvalue weighted by atomic mass is 16.2. The van der Waals surface area contributed by atoms with Crippen LogP contribution in [0.5, 0.6) is 0 Å². The van der Waals surface area contributed by atoms with Crippen molar-refractivity contribution >= 4 is 5.91 Å². The van der Waals surface area contributed by atoms with Crippen molar-refractivity contribution in [3.05, 3.63) is 47.5 Å². The molecule has 6 nitrogen and oxygen atoms in total. The van der Waals surface area contributed by atoms with Gasteiger partial charge in [0.25, 0.3) is 0 Å². The summed E-state index contributed by atoms with van der Waals surface area (Å²) in [6, 6.07) is 10.1. The molecule has 0 aliphatic carbocycles. The molecule has 1 aliphatic heterocycles. The van der Waals surface area contributed by atoms with Crippen molar-refractivity contribution in [2.75, 3.05) is 7.05 Å². The predicted molar refractivity (Wildman–Crippen MR) is 96.8 cm³/mol. The number of benzene rings is 1. The predicted octanol–water partition coefficient (Wildman–Crippen LogP) is 2.14. The number of carbonyl (C=O) groups excluding carboxylic acids is 1. The summed E-state index contributed by atoms with van der Waals surface area (Å²) in [5, 5.41) is 11.5. The molecule has 1 aromatic heterocycles. The van der Waals surface area contributed by atoms with Gasteiger partial charge in [-0.25, -0.2) is 0 Å². The smallest absolute Gasteiger partial charge is 0.237 e. The number of hydrogen-bond acceptors (Lipinski definition) is 4. The summed E-state index contributed by atoms with van der Waals surface area (Å²) < 4.78 is 2.15. The van der Waals surface area contributed by atoms with E-state index in [1.165, 1.54) is 12.0 Å². The van der Waals surface area contributed by atoms with Crippen molar-refractivity contribution in [1.29, 1.82) is 0 Å². The molecule has 0 saturated carbocycles. The first-order chi connectivity index (χ1) is 12.2. The second-order valence-electron chi connectivity index (χ2n) is 6.68. The molecule has 1 N–H and O–H groups in total. The largest absolute Gasteiger partial charge is 0.347 e. The molecule has 6 heteroatoms. The summed E-state index contributed by atoms with van der Waals surface area (Å²) >= 11 is 0. The number of aryl methyl sites for hydroxylation is 1.